The summed E-state index contributed by atoms with van der Waals surface area (Å²) in [6, 6.07) is 0.228. The summed E-state index contributed by atoms with van der Waals surface area (Å²) in [6.45, 7) is 10.2. The van der Waals surface area contributed by atoms with E-state index >= 15 is 0 Å². The molecular formula is C15H26N2O2. The van der Waals surface area contributed by atoms with Crippen LogP contribution in [0.2, 0.25) is 0 Å². The molecule has 0 aliphatic carbocycles. The Kier molecular flexibility index (Phi) is 6.06. The van der Waals surface area contributed by atoms with E-state index in [2.05, 4.69) is 31.2 Å². The summed E-state index contributed by atoms with van der Waals surface area (Å²) in [6.07, 6.45) is 3.76. The zero-order chi connectivity index (χ0) is 14.4. The molecule has 0 bridgehead atoms. The van der Waals surface area contributed by atoms with Gasteiger partial charge in [0.1, 0.15) is 5.76 Å². The first kappa shape index (κ1) is 15.7. The molecule has 0 aliphatic heterocycles. The fourth-order valence-electron chi connectivity index (χ4n) is 2.15. The van der Waals surface area contributed by atoms with Gasteiger partial charge in [0.2, 0.25) is 5.91 Å². The third kappa shape index (κ3) is 5.45. The summed E-state index contributed by atoms with van der Waals surface area (Å²) in [5.41, 5.74) is 1.71. The van der Waals surface area contributed by atoms with Crippen molar-refractivity contribution in [2.45, 2.75) is 66.3 Å². The second kappa shape index (κ2) is 7.31. The van der Waals surface area contributed by atoms with E-state index < -0.39 is 0 Å². The molecule has 1 atom stereocenters. The van der Waals surface area contributed by atoms with Gasteiger partial charge in [0.05, 0.1) is 12.1 Å². The molecule has 1 heterocycles. The minimum Gasteiger partial charge on any atom is -0.361 e. The number of rotatable bonds is 7. The van der Waals surface area contributed by atoms with Crippen molar-refractivity contribution in [3.8, 4) is 0 Å². The number of hydrogen-bond donors (Lipinski definition) is 1. The zero-order valence-electron chi connectivity index (χ0n) is 12.7. The normalized spacial score (nSPS) is 12.7. The average molecular weight is 266 g/mol. The van der Waals surface area contributed by atoms with E-state index in [4.69, 9.17) is 4.52 Å². The topological polar surface area (TPSA) is 55.1 Å². The van der Waals surface area contributed by atoms with Crippen LogP contribution in [0.25, 0.3) is 0 Å². The third-order valence-corrected chi connectivity index (χ3v) is 3.34. The number of carbonyl (C=O) groups is 1. The molecule has 0 unspecified atom stereocenters. The van der Waals surface area contributed by atoms with Crippen molar-refractivity contribution < 1.29 is 9.32 Å². The molecule has 4 heteroatoms. The van der Waals surface area contributed by atoms with Crippen molar-refractivity contribution in [2.24, 2.45) is 5.92 Å². The summed E-state index contributed by atoms with van der Waals surface area (Å²) >= 11 is 0. The Balaban J connectivity index is 2.35. The molecule has 1 N–H and O–H groups in total. The lowest BCUT2D eigenvalue weighted by atomic mass is 10.0. The second-order valence-electron chi connectivity index (χ2n) is 5.77. The minimum absolute atomic E-state index is 0.0476. The molecular weight excluding hydrogens is 240 g/mol. The largest absolute Gasteiger partial charge is 0.361 e. The van der Waals surface area contributed by atoms with E-state index in [0.29, 0.717) is 6.42 Å². The maximum Gasteiger partial charge on any atom is 0.224 e. The van der Waals surface area contributed by atoms with Gasteiger partial charge in [0, 0.05) is 11.6 Å². The molecule has 0 aromatic carbocycles. The fraction of sp³-hybridized carbons (Fsp3) is 0.733. The van der Waals surface area contributed by atoms with Crippen molar-refractivity contribution in [3.63, 3.8) is 0 Å². The first-order valence-corrected chi connectivity index (χ1v) is 7.11. The summed E-state index contributed by atoms with van der Waals surface area (Å²) in [4.78, 5) is 11.9. The smallest absolute Gasteiger partial charge is 0.224 e. The first-order chi connectivity index (χ1) is 8.90. The lowest BCUT2D eigenvalue weighted by Gasteiger charge is -2.14. The number of amides is 1. The highest BCUT2D eigenvalue weighted by molar-refractivity contribution is 5.79. The number of aryl methyl sites for hydroxylation is 2. The molecule has 0 aliphatic rings. The van der Waals surface area contributed by atoms with Crippen molar-refractivity contribution >= 4 is 5.91 Å². The van der Waals surface area contributed by atoms with E-state index in [9.17, 15) is 4.79 Å². The molecule has 1 amide bonds. The quantitative estimate of drug-likeness (QED) is 0.824. The Morgan fingerprint density at radius 2 is 1.95 bits per heavy atom. The Morgan fingerprint density at radius 1 is 1.26 bits per heavy atom. The summed E-state index contributed by atoms with van der Waals surface area (Å²) in [7, 11) is 0. The second-order valence-corrected chi connectivity index (χ2v) is 5.77. The van der Waals surface area contributed by atoms with Gasteiger partial charge in [0.25, 0.3) is 0 Å². The van der Waals surface area contributed by atoms with Gasteiger partial charge in [-0.05, 0) is 33.1 Å². The average Bonchev–Trinajstić information content (AvgIpc) is 2.60. The Hall–Kier alpha value is -1.32. The van der Waals surface area contributed by atoms with Crippen LogP contribution in [0.3, 0.4) is 0 Å². The predicted molar refractivity (Wildman–Crippen MR) is 76.0 cm³/mol. The number of nitrogens with one attached hydrogen (secondary N) is 1. The summed E-state index contributed by atoms with van der Waals surface area (Å²) < 4.78 is 5.06. The monoisotopic (exact) mass is 266 g/mol. The van der Waals surface area contributed by atoms with Crippen LogP contribution in [0.4, 0.5) is 0 Å². The summed E-state index contributed by atoms with van der Waals surface area (Å²) in [5, 5.41) is 6.90. The van der Waals surface area contributed by atoms with E-state index in [1.54, 1.807) is 0 Å². The van der Waals surface area contributed by atoms with Gasteiger partial charge in [-0.3, -0.25) is 4.79 Å². The van der Waals surface area contributed by atoms with Crippen LogP contribution in [0.5, 0.6) is 0 Å². The van der Waals surface area contributed by atoms with E-state index in [1.165, 1.54) is 6.42 Å². The highest BCUT2D eigenvalue weighted by Crippen LogP contribution is 2.13. The molecule has 0 radical (unpaired) electrons. The lowest BCUT2D eigenvalue weighted by molar-refractivity contribution is -0.121. The van der Waals surface area contributed by atoms with Crippen LogP contribution in [0, 0.1) is 19.8 Å². The minimum atomic E-state index is 0.0476. The number of nitrogens with zero attached hydrogens (tertiary/aromatic N) is 1. The SMILES string of the molecule is Cc1noc(C)c1CC(=O)N[C@H](C)CCCC(C)C. The number of hydrogen-bond acceptors (Lipinski definition) is 3. The molecule has 1 aromatic rings. The van der Waals surface area contributed by atoms with E-state index in [1.807, 2.05) is 13.8 Å². The van der Waals surface area contributed by atoms with Crippen LogP contribution >= 0.6 is 0 Å². The van der Waals surface area contributed by atoms with E-state index in [-0.39, 0.29) is 11.9 Å². The van der Waals surface area contributed by atoms with Gasteiger partial charge < -0.3 is 9.84 Å². The van der Waals surface area contributed by atoms with Gasteiger partial charge in [-0.2, -0.15) is 0 Å². The third-order valence-electron chi connectivity index (χ3n) is 3.34. The van der Waals surface area contributed by atoms with Gasteiger partial charge in [-0.1, -0.05) is 31.8 Å². The Labute approximate surface area is 115 Å². The standard InChI is InChI=1S/C15H26N2O2/c1-10(2)7-6-8-11(3)16-15(18)9-14-12(4)17-19-13(14)5/h10-11H,6-9H2,1-5H3,(H,16,18)/t11-/m1/s1. The first-order valence-electron chi connectivity index (χ1n) is 7.11. The van der Waals surface area contributed by atoms with Crippen molar-refractivity contribution in [2.75, 3.05) is 0 Å². The maximum absolute atomic E-state index is 11.9. The van der Waals surface area contributed by atoms with Crippen LogP contribution < -0.4 is 5.32 Å². The molecule has 0 saturated heterocycles. The van der Waals surface area contributed by atoms with E-state index in [0.717, 1.165) is 35.8 Å². The molecule has 1 rings (SSSR count). The predicted octanol–water partition coefficient (Wildman–Crippen LogP) is 3.16. The van der Waals surface area contributed by atoms with Crippen LogP contribution in [-0.4, -0.2) is 17.1 Å². The highest BCUT2D eigenvalue weighted by Gasteiger charge is 2.14. The molecule has 19 heavy (non-hydrogen) atoms. The maximum atomic E-state index is 11.9. The lowest BCUT2D eigenvalue weighted by Crippen LogP contribution is -2.33. The van der Waals surface area contributed by atoms with Crippen molar-refractivity contribution in [1.82, 2.24) is 10.5 Å². The van der Waals surface area contributed by atoms with Gasteiger partial charge in [-0.25, -0.2) is 0 Å². The molecule has 1 aromatic heterocycles. The van der Waals surface area contributed by atoms with Crippen LogP contribution in [0.15, 0.2) is 4.52 Å². The molecule has 108 valence electrons. The number of carbonyl (C=O) groups excluding carboxylic acids is 1. The van der Waals surface area contributed by atoms with Crippen LogP contribution in [0.1, 0.15) is 57.1 Å². The Bertz CT molecular complexity index is 391. The van der Waals surface area contributed by atoms with Crippen molar-refractivity contribution in [1.29, 1.82) is 0 Å². The van der Waals surface area contributed by atoms with Crippen molar-refractivity contribution in [3.05, 3.63) is 17.0 Å². The van der Waals surface area contributed by atoms with Gasteiger partial charge >= 0.3 is 0 Å². The molecule has 0 saturated carbocycles. The summed E-state index contributed by atoms with van der Waals surface area (Å²) in [5.74, 6) is 1.51. The van der Waals surface area contributed by atoms with Crippen LogP contribution in [-0.2, 0) is 11.2 Å². The fourth-order valence-corrected chi connectivity index (χ4v) is 2.15. The molecule has 4 nitrogen and oxygen atoms in total. The molecule has 0 spiro atoms. The number of aromatic nitrogens is 1. The zero-order valence-corrected chi connectivity index (χ0v) is 12.7. The van der Waals surface area contributed by atoms with Gasteiger partial charge in [0.15, 0.2) is 0 Å². The van der Waals surface area contributed by atoms with Gasteiger partial charge in [-0.15, -0.1) is 0 Å². The highest BCUT2D eigenvalue weighted by atomic mass is 16.5. The molecule has 0 fully saturated rings. The Morgan fingerprint density at radius 3 is 2.47 bits per heavy atom.